The van der Waals surface area contributed by atoms with E-state index < -0.39 is 17.0 Å². The smallest absolute Gasteiger partial charge is 0.171 e. The van der Waals surface area contributed by atoms with E-state index in [2.05, 4.69) is 13.0 Å². The second kappa shape index (κ2) is 11.8. The average molecular weight is 625 g/mol. The van der Waals surface area contributed by atoms with Crippen molar-refractivity contribution in [3.63, 3.8) is 0 Å². The summed E-state index contributed by atoms with van der Waals surface area (Å²) in [6, 6.07) is 0. The van der Waals surface area contributed by atoms with Crippen LogP contribution in [0.25, 0.3) is 0 Å². The largest absolute Gasteiger partial charge is 0.385 e. The van der Waals surface area contributed by atoms with Crippen LogP contribution in [-0.2, 0) is 23.7 Å². The van der Waals surface area contributed by atoms with Gasteiger partial charge in [0.2, 0.25) is 0 Å². The molecule has 0 bridgehead atoms. The number of fused-ring (bicyclic) bond motifs is 4. The Morgan fingerprint density at radius 1 is 0.889 bits per heavy atom. The molecule has 2 heterocycles. The Labute approximate surface area is 269 Å². The zero-order valence-corrected chi connectivity index (χ0v) is 27.5. The highest BCUT2D eigenvalue weighted by atomic mass is 16.7. The number of hydrogen-bond acceptors (Lipinski definition) is 7. The van der Waals surface area contributed by atoms with E-state index in [0.29, 0.717) is 61.6 Å². The fourth-order valence-corrected chi connectivity index (χ4v) is 11.6. The summed E-state index contributed by atoms with van der Waals surface area (Å²) in [6.45, 7) is 4.83. The lowest BCUT2D eigenvalue weighted by Gasteiger charge is -2.58. The maximum absolute atomic E-state index is 13.0. The van der Waals surface area contributed by atoms with E-state index in [1.165, 1.54) is 5.57 Å². The molecule has 0 radical (unpaired) electrons. The Bertz CT molecular complexity index is 1190. The molecule has 0 aromatic heterocycles. The third-order valence-electron chi connectivity index (χ3n) is 14.1. The van der Waals surface area contributed by atoms with E-state index in [1.54, 1.807) is 5.57 Å². The number of hydrogen-bond donors (Lipinski definition) is 2. The first kappa shape index (κ1) is 31.2. The van der Waals surface area contributed by atoms with Gasteiger partial charge in [0.1, 0.15) is 5.78 Å². The molecule has 2 aliphatic heterocycles. The summed E-state index contributed by atoms with van der Waals surface area (Å²) in [4.78, 5) is 13.0. The number of aliphatic hydroxyl groups is 2. The van der Waals surface area contributed by atoms with Gasteiger partial charge < -0.3 is 29.2 Å². The summed E-state index contributed by atoms with van der Waals surface area (Å²) in [7, 11) is 0. The number of Topliss-reactive ketones (excluding diaryl/α,β-unsaturated/α-hetero) is 1. The molecule has 45 heavy (non-hydrogen) atoms. The summed E-state index contributed by atoms with van der Waals surface area (Å²) < 4.78 is 24.0. The van der Waals surface area contributed by atoms with Crippen LogP contribution in [0.3, 0.4) is 0 Å². The van der Waals surface area contributed by atoms with Gasteiger partial charge in [0.25, 0.3) is 0 Å². The van der Waals surface area contributed by atoms with Crippen LogP contribution in [-0.4, -0.2) is 65.7 Å². The van der Waals surface area contributed by atoms with Crippen LogP contribution in [0.1, 0.15) is 116 Å². The number of rotatable bonds is 7. The second-order valence-corrected chi connectivity index (χ2v) is 16.5. The summed E-state index contributed by atoms with van der Waals surface area (Å²) in [5, 5.41) is 24.8. The molecule has 8 rings (SSSR count). The summed E-state index contributed by atoms with van der Waals surface area (Å²) in [6.07, 6.45) is 20.2. The molecule has 6 aliphatic carbocycles. The molecule has 2 N–H and O–H groups in total. The van der Waals surface area contributed by atoms with Crippen LogP contribution in [0, 0.1) is 40.9 Å². The molecule has 8 aliphatic rings. The molecule has 2 saturated heterocycles. The average Bonchev–Trinajstić information content (AvgIpc) is 3.75. The van der Waals surface area contributed by atoms with Crippen LogP contribution in [0.4, 0.5) is 0 Å². The SMILES string of the molecule is C[C@]12C[C@H](C3CCC(C(=O)C4CC4)CC3)C3=C4CCC5(C[C@]4(O)CCC3C1CC[C@@]2(O)/C=C\COC1CCCCO1)OCCO5. The van der Waals surface area contributed by atoms with Gasteiger partial charge in [-0.05, 0) is 126 Å². The third-order valence-corrected chi connectivity index (χ3v) is 14.1. The second-order valence-electron chi connectivity index (χ2n) is 16.5. The zero-order valence-electron chi connectivity index (χ0n) is 27.5. The van der Waals surface area contributed by atoms with Crippen LogP contribution in [0.2, 0.25) is 0 Å². The molecular formula is C38H56O7. The van der Waals surface area contributed by atoms with Crippen LogP contribution in [0.5, 0.6) is 0 Å². The molecule has 5 saturated carbocycles. The topological polar surface area (TPSA) is 94.5 Å². The van der Waals surface area contributed by atoms with Crippen molar-refractivity contribution in [2.45, 2.75) is 139 Å². The van der Waals surface area contributed by atoms with Gasteiger partial charge in [-0.2, -0.15) is 0 Å². The van der Waals surface area contributed by atoms with Gasteiger partial charge in [0, 0.05) is 36.7 Å². The lowest BCUT2D eigenvalue weighted by atomic mass is 9.48. The Balaban J connectivity index is 1.08. The predicted molar refractivity (Wildman–Crippen MR) is 169 cm³/mol. The normalized spacial score (nSPS) is 46.3. The van der Waals surface area contributed by atoms with Gasteiger partial charge >= 0.3 is 0 Å². The van der Waals surface area contributed by atoms with Crippen molar-refractivity contribution >= 4 is 5.78 Å². The maximum atomic E-state index is 13.0. The monoisotopic (exact) mass is 624 g/mol. The van der Waals surface area contributed by atoms with Crippen molar-refractivity contribution in [1.29, 1.82) is 0 Å². The number of carbonyl (C=O) groups is 1. The standard InChI is InChI=1S/C38H56O7/c1-35-23-29(25-6-8-26(9-7-25)34(39)27-10-11-27)33-28(12-16-36(40)24-38(18-14-31(33)36)44-21-22-45-38)30(35)13-17-37(35,41)15-4-20-43-32-5-2-3-19-42-32/h4,15,25-30,32,40-41H,2-3,5-14,16-24H2,1H3/b15-4-/t25?,26?,28?,29-,30?,32?,35+,36-,37+/m1/s1. The molecule has 7 nitrogen and oxygen atoms in total. The van der Waals surface area contributed by atoms with Crippen LogP contribution >= 0.6 is 0 Å². The number of ketones is 1. The molecule has 250 valence electrons. The first-order valence-electron chi connectivity index (χ1n) is 18.6. The van der Waals surface area contributed by atoms with Crippen molar-refractivity contribution in [3.05, 3.63) is 23.3 Å². The van der Waals surface area contributed by atoms with Crippen molar-refractivity contribution in [3.8, 4) is 0 Å². The van der Waals surface area contributed by atoms with E-state index in [-0.39, 0.29) is 17.6 Å². The van der Waals surface area contributed by atoms with E-state index in [9.17, 15) is 15.0 Å². The van der Waals surface area contributed by atoms with Crippen molar-refractivity contribution in [2.24, 2.45) is 40.9 Å². The first-order chi connectivity index (χ1) is 21.7. The molecule has 7 fully saturated rings. The quantitative estimate of drug-likeness (QED) is 0.317. The number of carbonyl (C=O) groups excluding carboxylic acids is 1. The fraction of sp³-hybridized carbons (Fsp3) is 0.868. The highest BCUT2D eigenvalue weighted by molar-refractivity contribution is 5.85. The van der Waals surface area contributed by atoms with Crippen molar-refractivity contribution < 1.29 is 34.0 Å². The van der Waals surface area contributed by atoms with Gasteiger partial charge in [-0.1, -0.05) is 24.6 Å². The molecule has 1 spiro atoms. The Hall–Kier alpha value is -1.09. The molecule has 0 aromatic rings. The molecule has 3 unspecified atom stereocenters. The Morgan fingerprint density at radius 2 is 1.64 bits per heavy atom. The Kier molecular flexibility index (Phi) is 8.18. The third kappa shape index (κ3) is 5.44. The number of allylic oxidation sites excluding steroid dienone is 1. The highest BCUT2D eigenvalue weighted by Gasteiger charge is 2.64. The lowest BCUT2D eigenvalue weighted by molar-refractivity contribution is -0.209. The molecule has 0 aromatic carbocycles. The summed E-state index contributed by atoms with van der Waals surface area (Å²) >= 11 is 0. The van der Waals surface area contributed by atoms with E-state index in [0.717, 1.165) is 109 Å². The van der Waals surface area contributed by atoms with Crippen molar-refractivity contribution in [1.82, 2.24) is 0 Å². The van der Waals surface area contributed by atoms with Gasteiger partial charge in [0.05, 0.1) is 31.0 Å². The maximum Gasteiger partial charge on any atom is 0.171 e. The Morgan fingerprint density at radius 3 is 2.36 bits per heavy atom. The molecule has 0 amide bonds. The molecule has 7 heteroatoms. The molecule has 7 atom stereocenters. The predicted octanol–water partition coefficient (Wildman–Crippen LogP) is 6.40. The lowest BCUT2D eigenvalue weighted by Crippen LogP contribution is -2.56. The minimum atomic E-state index is -0.877. The van der Waals surface area contributed by atoms with Crippen LogP contribution in [0.15, 0.2) is 23.3 Å². The van der Waals surface area contributed by atoms with Gasteiger partial charge in [-0.15, -0.1) is 0 Å². The van der Waals surface area contributed by atoms with Crippen LogP contribution < -0.4 is 0 Å². The van der Waals surface area contributed by atoms with E-state index in [4.69, 9.17) is 18.9 Å². The van der Waals surface area contributed by atoms with Gasteiger partial charge in [-0.3, -0.25) is 4.79 Å². The zero-order chi connectivity index (χ0) is 30.9. The fourth-order valence-electron chi connectivity index (χ4n) is 11.6. The van der Waals surface area contributed by atoms with Gasteiger partial charge in [0.15, 0.2) is 12.1 Å². The van der Waals surface area contributed by atoms with E-state index in [1.807, 2.05) is 6.08 Å². The van der Waals surface area contributed by atoms with E-state index >= 15 is 0 Å². The number of ether oxygens (including phenoxy) is 4. The summed E-state index contributed by atoms with van der Waals surface area (Å²) in [5.41, 5.74) is 0.847. The minimum absolute atomic E-state index is 0.129. The first-order valence-corrected chi connectivity index (χ1v) is 18.6. The highest BCUT2D eigenvalue weighted by Crippen LogP contribution is 2.68. The van der Waals surface area contributed by atoms with Crippen molar-refractivity contribution in [2.75, 3.05) is 26.4 Å². The van der Waals surface area contributed by atoms with Gasteiger partial charge in [-0.25, -0.2) is 0 Å². The minimum Gasteiger partial charge on any atom is -0.385 e. The molecular weight excluding hydrogens is 568 g/mol. The summed E-state index contributed by atoms with van der Waals surface area (Å²) in [5.74, 6) is 2.09.